The lowest BCUT2D eigenvalue weighted by Gasteiger charge is -2.06. The zero-order chi connectivity index (χ0) is 10.8. The topological polar surface area (TPSA) is 47.0 Å². The van der Waals surface area contributed by atoms with Gasteiger partial charge < -0.3 is 0 Å². The number of nitrogens with zero attached hydrogens (tertiary/aromatic N) is 1. The van der Waals surface area contributed by atoms with Crippen LogP contribution >= 0.6 is 0 Å². The van der Waals surface area contributed by atoms with E-state index in [2.05, 4.69) is 18.8 Å². The van der Waals surface area contributed by atoms with Crippen molar-refractivity contribution in [2.24, 2.45) is 0 Å². The van der Waals surface area contributed by atoms with Crippen molar-refractivity contribution < 1.29 is 8.42 Å². The second-order valence-electron chi connectivity index (χ2n) is 3.85. The highest BCUT2D eigenvalue weighted by molar-refractivity contribution is 7.89. The smallest absolute Gasteiger partial charge is 0.151 e. The molecule has 0 fully saturated rings. The van der Waals surface area contributed by atoms with Crippen LogP contribution in [0, 0.1) is 0 Å². The molecule has 0 bridgehead atoms. The van der Waals surface area contributed by atoms with E-state index >= 15 is 0 Å². The fourth-order valence-corrected chi connectivity index (χ4v) is 1.97. The molecule has 14 heavy (non-hydrogen) atoms. The third-order valence-corrected chi connectivity index (χ3v) is 2.77. The van der Waals surface area contributed by atoms with Crippen molar-refractivity contribution in [2.75, 3.05) is 6.26 Å². The van der Waals surface area contributed by atoms with E-state index in [-0.39, 0.29) is 5.75 Å². The molecule has 0 saturated heterocycles. The van der Waals surface area contributed by atoms with Gasteiger partial charge >= 0.3 is 0 Å². The van der Waals surface area contributed by atoms with Gasteiger partial charge in [0.1, 0.15) is 0 Å². The highest BCUT2D eigenvalue weighted by Crippen LogP contribution is 2.15. The molecule has 1 rings (SSSR count). The SMILES string of the molecule is CC(C)c1cncc(CS(C)(=O)=O)c1. The van der Waals surface area contributed by atoms with E-state index in [1.807, 2.05) is 6.07 Å². The van der Waals surface area contributed by atoms with E-state index < -0.39 is 9.84 Å². The zero-order valence-electron chi connectivity index (χ0n) is 8.69. The first-order valence-electron chi connectivity index (χ1n) is 4.50. The average molecular weight is 213 g/mol. The predicted molar refractivity (Wildman–Crippen MR) is 56.9 cm³/mol. The van der Waals surface area contributed by atoms with Gasteiger partial charge in [-0.1, -0.05) is 19.9 Å². The number of sulfone groups is 1. The summed E-state index contributed by atoms with van der Waals surface area (Å²) in [5, 5.41) is 0. The first-order valence-corrected chi connectivity index (χ1v) is 6.56. The Morgan fingerprint density at radius 2 is 2.00 bits per heavy atom. The van der Waals surface area contributed by atoms with E-state index in [0.29, 0.717) is 5.92 Å². The molecule has 78 valence electrons. The lowest BCUT2D eigenvalue weighted by atomic mass is 10.0. The molecule has 0 aliphatic rings. The van der Waals surface area contributed by atoms with Crippen LogP contribution in [0.1, 0.15) is 30.9 Å². The van der Waals surface area contributed by atoms with E-state index in [0.717, 1.165) is 11.1 Å². The highest BCUT2D eigenvalue weighted by Gasteiger charge is 2.06. The van der Waals surface area contributed by atoms with Crippen LogP contribution in [0.25, 0.3) is 0 Å². The van der Waals surface area contributed by atoms with Gasteiger partial charge in [0.25, 0.3) is 0 Å². The molecule has 0 spiro atoms. The summed E-state index contributed by atoms with van der Waals surface area (Å²) in [7, 11) is -2.96. The van der Waals surface area contributed by atoms with Crippen LogP contribution in [-0.2, 0) is 15.6 Å². The summed E-state index contributed by atoms with van der Waals surface area (Å²) in [5.74, 6) is 0.447. The number of pyridine rings is 1. The minimum absolute atomic E-state index is 0.0700. The molecule has 0 aliphatic heterocycles. The van der Waals surface area contributed by atoms with Gasteiger partial charge in [0.2, 0.25) is 0 Å². The van der Waals surface area contributed by atoms with Crippen molar-refractivity contribution in [3.05, 3.63) is 29.6 Å². The molecule has 1 aromatic heterocycles. The van der Waals surface area contributed by atoms with E-state index in [1.54, 1.807) is 12.4 Å². The van der Waals surface area contributed by atoms with Gasteiger partial charge in [0.15, 0.2) is 9.84 Å². The number of aromatic nitrogens is 1. The lowest BCUT2D eigenvalue weighted by Crippen LogP contribution is -2.02. The Bertz CT molecular complexity index is 410. The molecule has 0 N–H and O–H groups in total. The molecule has 1 aromatic rings. The summed E-state index contributed by atoms with van der Waals surface area (Å²) in [4.78, 5) is 4.03. The quantitative estimate of drug-likeness (QED) is 0.768. The fourth-order valence-electron chi connectivity index (χ4n) is 1.21. The van der Waals surface area contributed by atoms with E-state index in [4.69, 9.17) is 0 Å². The molecule has 0 unspecified atom stereocenters. The van der Waals surface area contributed by atoms with Gasteiger partial charge in [-0.25, -0.2) is 8.42 Å². The standard InChI is InChI=1S/C10H15NO2S/c1-8(2)10-4-9(5-11-6-10)7-14(3,12)13/h4-6,8H,7H2,1-3H3. The van der Waals surface area contributed by atoms with Crippen molar-refractivity contribution in [2.45, 2.75) is 25.5 Å². The molecule has 1 heterocycles. The Hall–Kier alpha value is -0.900. The van der Waals surface area contributed by atoms with Crippen molar-refractivity contribution >= 4 is 9.84 Å². The molecule has 0 amide bonds. The fraction of sp³-hybridized carbons (Fsp3) is 0.500. The summed E-state index contributed by atoms with van der Waals surface area (Å²) >= 11 is 0. The van der Waals surface area contributed by atoms with Crippen LogP contribution in [0.4, 0.5) is 0 Å². The maximum absolute atomic E-state index is 11.1. The van der Waals surface area contributed by atoms with Gasteiger partial charge in [-0.15, -0.1) is 0 Å². The normalized spacial score (nSPS) is 12.0. The van der Waals surface area contributed by atoms with Gasteiger partial charge in [-0.05, 0) is 17.0 Å². The summed E-state index contributed by atoms with van der Waals surface area (Å²) in [6, 6.07) is 1.90. The molecule has 0 radical (unpaired) electrons. The van der Waals surface area contributed by atoms with Crippen molar-refractivity contribution in [1.82, 2.24) is 4.98 Å². The molecule has 0 atom stereocenters. The van der Waals surface area contributed by atoms with Crippen molar-refractivity contribution in [3.8, 4) is 0 Å². The number of hydrogen-bond acceptors (Lipinski definition) is 3. The van der Waals surface area contributed by atoms with Crippen LogP contribution in [0.5, 0.6) is 0 Å². The Labute approximate surface area is 85.1 Å². The van der Waals surface area contributed by atoms with Crippen LogP contribution in [0.15, 0.2) is 18.5 Å². The molecule has 4 heteroatoms. The molecule has 3 nitrogen and oxygen atoms in total. The molecular formula is C10H15NO2S. The second kappa shape index (κ2) is 4.09. The van der Waals surface area contributed by atoms with Crippen LogP contribution in [0.2, 0.25) is 0 Å². The second-order valence-corrected chi connectivity index (χ2v) is 5.99. The Balaban J connectivity index is 2.95. The first-order chi connectivity index (χ1) is 6.38. The monoisotopic (exact) mass is 213 g/mol. The van der Waals surface area contributed by atoms with Gasteiger partial charge in [0, 0.05) is 18.6 Å². The molecule has 0 saturated carbocycles. The largest absolute Gasteiger partial charge is 0.264 e. The molecule has 0 aliphatic carbocycles. The Morgan fingerprint density at radius 3 is 2.50 bits per heavy atom. The Morgan fingerprint density at radius 1 is 1.36 bits per heavy atom. The van der Waals surface area contributed by atoms with Crippen molar-refractivity contribution in [3.63, 3.8) is 0 Å². The predicted octanol–water partition coefficient (Wildman–Crippen LogP) is 1.75. The van der Waals surface area contributed by atoms with Gasteiger partial charge in [0.05, 0.1) is 5.75 Å². The minimum atomic E-state index is -2.96. The van der Waals surface area contributed by atoms with E-state index in [1.165, 1.54) is 6.26 Å². The Kier molecular flexibility index (Phi) is 3.26. The average Bonchev–Trinajstić information content (AvgIpc) is 2.01. The summed E-state index contributed by atoms with van der Waals surface area (Å²) < 4.78 is 22.1. The summed E-state index contributed by atoms with van der Waals surface area (Å²) in [6.45, 7) is 4.11. The van der Waals surface area contributed by atoms with Gasteiger partial charge in [-0.3, -0.25) is 4.98 Å². The summed E-state index contributed by atoms with van der Waals surface area (Å²) in [5.41, 5.74) is 1.84. The third-order valence-electron chi connectivity index (χ3n) is 1.91. The number of hydrogen-bond donors (Lipinski definition) is 0. The van der Waals surface area contributed by atoms with Crippen LogP contribution in [-0.4, -0.2) is 19.7 Å². The molecule has 0 aromatic carbocycles. The highest BCUT2D eigenvalue weighted by atomic mass is 32.2. The zero-order valence-corrected chi connectivity index (χ0v) is 9.50. The minimum Gasteiger partial charge on any atom is -0.264 e. The molecular weight excluding hydrogens is 198 g/mol. The number of rotatable bonds is 3. The van der Waals surface area contributed by atoms with Crippen molar-refractivity contribution in [1.29, 1.82) is 0 Å². The summed E-state index contributed by atoms with van der Waals surface area (Å²) in [6.07, 6.45) is 4.61. The van der Waals surface area contributed by atoms with E-state index in [9.17, 15) is 8.42 Å². The first kappa shape index (κ1) is 11.2. The lowest BCUT2D eigenvalue weighted by molar-refractivity contribution is 0.601. The maximum Gasteiger partial charge on any atom is 0.151 e. The van der Waals surface area contributed by atoms with Gasteiger partial charge in [-0.2, -0.15) is 0 Å². The third kappa shape index (κ3) is 3.46. The van der Waals surface area contributed by atoms with Crippen LogP contribution < -0.4 is 0 Å². The maximum atomic E-state index is 11.1. The van der Waals surface area contributed by atoms with Crippen LogP contribution in [0.3, 0.4) is 0 Å².